The summed E-state index contributed by atoms with van der Waals surface area (Å²) in [6, 6.07) is 33.9. The summed E-state index contributed by atoms with van der Waals surface area (Å²) in [6.07, 6.45) is 0. The van der Waals surface area contributed by atoms with E-state index < -0.39 is 23.3 Å². The highest BCUT2D eigenvalue weighted by molar-refractivity contribution is 5.99. The minimum atomic E-state index is -1.26. The highest BCUT2D eigenvalue weighted by atomic mass is 16.5. The molecule has 0 saturated carbocycles. The first-order chi connectivity index (χ1) is 17.1. The number of carbonyl (C=O) groups excluding carboxylic acids is 2. The molecular formula is C29H26N2O4. The van der Waals surface area contributed by atoms with Crippen LogP contribution in [-0.4, -0.2) is 24.1 Å². The molecule has 6 nitrogen and oxygen atoms in total. The third kappa shape index (κ3) is 4.65. The fraction of sp³-hybridized carbons (Fsp3) is 0.103. The van der Waals surface area contributed by atoms with E-state index in [1.807, 2.05) is 91.0 Å². The Balaban J connectivity index is 1.89. The summed E-state index contributed by atoms with van der Waals surface area (Å²) in [5.74, 6) is -0.562. The van der Waals surface area contributed by atoms with Gasteiger partial charge in [-0.1, -0.05) is 103 Å². The number of hydrogen-bond acceptors (Lipinski definition) is 4. The molecule has 1 unspecified atom stereocenters. The monoisotopic (exact) mass is 466 g/mol. The predicted octanol–water partition coefficient (Wildman–Crippen LogP) is 4.39. The van der Waals surface area contributed by atoms with Gasteiger partial charge in [-0.25, -0.2) is 5.48 Å². The van der Waals surface area contributed by atoms with Crippen molar-refractivity contribution in [1.29, 1.82) is 0 Å². The lowest BCUT2D eigenvalue weighted by atomic mass is 9.68. The second kappa shape index (κ2) is 10.7. The van der Waals surface area contributed by atoms with Gasteiger partial charge in [0.05, 0.1) is 7.11 Å². The van der Waals surface area contributed by atoms with Crippen LogP contribution in [0.2, 0.25) is 0 Å². The lowest BCUT2D eigenvalue weighted by Crippen LogP contribution is -2.50. The molecule has 0 heterocycles. The fourth-order valence-electron chi connectivity index (χ4n) is 4.36. The van der Waals surface area contributed by atoms with E-state index in [1.165, 1.54) is 0 Å². The van der Waals surface area contributed by atoms with Gasteiger partial charge in [0.2, 0.25) is 5.91 Å². The molecule has 6 heteroatoms. The van der Waals surface area contributed by atoms with Crippen molar-refractivity contribution >= 4 is 11.8 Å². The van der Waals surface area contributed by atoms with Crippen LogP contribution in [0.5, 0.6) is 5.75 Å². The minimum absolute atomic E-state index is 0.412. The van der Waals surface area contributed by atoms with E-state index >= 15 is 0 Å². The van der Waals surface area contributed by atoms with E-state index in [0.717, 1.165) is 16.7 Å². The molecule has 4 aromatic rings. The van der Waals surface area contributed by atoms with E-state index in [1.54, 1.807) is 36.9 Å². The topological polar surface area (TPSA) is 87.7 Å². The summed E-state index contributed by atoms with van der Waals surface area (Å²) < 4.78 is 5.21. The third-order valence-corrected chi connectivity index (χ3v) is 6.06. The van der Waals surface area contributed by atoms with Crippen LogP contribution < -0.4 is 15.5 Å². The summed E-state index contributed by atoms with van der Waals surface area (Å²) in [5, 5.41) is 12.4. The molecule has 0 saturated heterocycles. The van der Waals surface area contributed by atoms with Crippen molar-refractivity contribution in [3.63, 3.8) is 0 Å². The molecule has 1 atom stereocenters. The fourth-order valence-corrected chi connectivity index (χ4v) is 4.36. The van der Waals surface area contributed by atoms with E-state index in [4.69, 9.17) is 4.74 Å². The molecule has 0 spiro atoms. The first-order valence-electron chi connectivity index (χ1n) is 11.2. The van der Waals surface area contributed by atoms with Gasteiger partial charge in [-0.2, -0.15) is 0 Å². The molecule has 3 N–H and O–H groups in total. The number of hydrogen-bond donors (Lipinski definition) is 3. The second-order valence-electron chi connectivity index (χ2n) is 8.00. The van der Waals surface area contributed by atoms with Gasteiger partial charge in [-0.3, -0.25) is 14.8 Å². The van der Waals surface area contributed by atoms with E-state index in [2.05, 4.69) is 5.32 Å². The molecule has 0 fully saturated rings. The van der Waals surface area contributed by atoms with E-state index in [0.29, 0.717) is 11.3 Å². The Labute approximate surface area is 204 Å². The summed E-state index contributed by atoms with van der Waals surface area (Å²) in [5.41, 5.74) is 3.15. The molecule has 0 aliphatic heterocycles. The quantitative estimate of drug-likeness (QED) is 0.204. The minimum Gasteiger partial charge on any atom is -0.497 e. The molecule has 4 aromatic carbocycles. The molecule has 0 aliphatic rings. The van der Waals surface area contributed by atoms with Crippen molar-refractivity contribution in [2.75, 3.05) is 7.11 Å². The number of nitrogens with one attached hydrogen (secondary N) is 2. The number of ether oxygens (including phenoxy) is 1. The van der Waals surface area contributed by atoms with Crippen molar-refractivity contribution in [3.8, 4) is 5.75 Å². The van der Waals surface area contributed by atoms with Crippen molar-refractivity contribution in [1.82, 2.24) is 10.8 Å². The maximum atomic E-state index is 14.4. The Morgan fingerprint density at radius 3 is 1.51 bits per heavy atom. The first kappa shape index (κ1) is 23.7. The zero-order chi connectivity index (χ0) is 24.7. The highest BCUT2D eigenvalue weighted by Crippen LogP contribution is 2.40. The molecule has 35 heavy (non-hydrogen) atoms. The zero-order valence-corrected chi connectivity index (χ0v) is 19.2. The molecule has 0 aliphatic carbocycles. The first-order valence-corrected chi connectivity index (χ1v) is 11.2. The average molecular weight is 467 g/mol. The number of amides is 2. The number of carbonyl (C=O) groups is 2. The van der Waals surface area contributed by atoms with Crippen LogP contribution in [0.4, 0.5) is 0 Å². The summed E-state index contributed by atoms with van der Waals surface area (Å²) >= 11 is 0. The maximum Gasteiger partial charge on any atom is 0.270 e. The predicted molar refractivity (Wildman–Crippen MR) is 133 cm³/mol. The number of benzene rings is 4. The lowest BCUT2D eigenvalue weighted by Gasteiger charge is -2.35. The summed E-state index contributed by atoms with van der Waals surface area (Å²) in [6.45, 7) is 0. The van der Waals surface area contributed by atoms with Crippen LogP contribution in [0.3, 0.4) is 0 Å². The summed E-state index contributed by atoms with van der Waals surface area (Å²) in [4.78, 5) is 27.1. The smallest absolute Gasteiger partial charge is 0.270 e. The van der Waals surface area contributed by atoms with Gasteiger partial charge in [-0.15, -0.1) is 0 Å². The lowest BCUT2D eigenvalue weighted by molar-refractivity contribution is -0.135. The Kier molecular flexibility index (Phi) is 7.24. The summed E-state index contributed by atoms with van der Waals surface area (Å²) in [7, 11) is 1.54. The highest BCUT2D eigenvalue weighted by Gasteiger charge is 2.45. The van der Waals surface area contributed by atoms with Gasteiger partial charge in [0, 0.05) is 0 Å². The van der Waals surface area contributed by atoms with Crippen LogP contribution in [-0.2, 0) is 15.0 Å². The normalized spacial score (nSPS) is 11.8. The molecule has 176 valence electrons. The molecule has 2 amide bonds. The van der Waals surface area contributed by atoms with Gasteiger partial charge < -0.3 is 10.1 Å². The van der Waals surface area contributed by atoms with Crippen LogP contribution in [0, 0.1) is 0 Å². The largest absolute Gasteiger partial charge is 0.497 e. The third-order valence-electron chi connectivity index (χ3n) is 6.06. The number of hydroxylamine groups is 1. The van der Waals surface area contributed by atoms with Crippen molar-refractivity contribution < 1.29 is 19.5 Å². The van der Waals surface area contributed by atoms with Crippen LogP contribution in [0.25, 0.3) is 0 Å². The second-order valence-corrected chi connectivity index (χ2v) is 8.00. The number of rotatable bonds is 8. The Morgan fingerprint density at radius 2 is 1.14 bits per heavy atom. The van der Waals surface area contributed by atoms with Gasteiger partial charge in [-0.05, 0) is 34.4 Å². The van der Waals surface area contributed by atoms with E-state index in [-0.39, 0.29) is 0 Å². The van der Waals surface area contributed by atoms with Crippen LogP contribution in [0.1, 0.15) is 28.3 Å². The van der Waals surface area contributed by atoms with Crippen molar-refractivity contribution in [3.05, 3.63) is 138 Å². The maximum absolute atomic E-state index is 14.4. The Hall–Kier alpha value is -4.42. The van der Waals surface area contributed by atoms with Crippen LogP contribution >= 0.6 is 0 Å². The zero-order valence-electron chi connectivity index (χ0n) is 19.2. The van der Waals surface area contributed by atoms with Gasteiger partial charge >= 0.3 is 0 Å². The van der Waals surface area contributed by atoms with Gasteiger partial charge in [0.15, 0.2) is 0 Å². The van der Waals surface area contributed by atoms with Crippen molar-refractivity contribution in [2.45, 2.75) is 11.5 Å². The Morgan fingerprint density at radius 1 is 0.714 bits per heavy atom. The van der Waals surface area contributed by atoms with E-state index in [9.17, 15) is 14.8 Å². The molecular weight excluding hydrogens is 440 g/mol. The molecule has 0 radical (unpaired) electrons. The SMILES string of the molecule is COc1ccc(C(NC(=O)C(c2ccccc2)(c2ccccc2)c2ccccc2)C(=O)NO)cc1. The van der Waals surface area contributed by atoms with Gasteiger partial charge in [0.25, 0.3) is 5.91 Å². The molecule has 0 aromatic heterocycles. The Bertz CT molecular complexity index is 1160. The average Bonchev–Trinajstić information content (AvgIpc) is 2.93. The van der Waals surface area contributed by atoms with Crippen LogP contribution in [0.15, 0.2) is 115 Å². The molecule has 4 rings (SSSR count). The standard InChI is InChI=1S/C29H26N2O4/c1-35-25-19-17-21(18-20-25)26(27(32)31-34)30-28(33)29(22-11-5-2-6-12-22,23-13-7-3-8-14-23)24-15-9-4-10-16-24/h2-20,26,34H,1H3,(H,30,33)(H,31,32). The number of methoxy groups -OCH3 is 1. The molecule has 0 bridgehead atoms. The van der Waals surface area contributed by atoms with Crippen molar-refractivity contribution in [2.24, 2.45) is 0 Å². The van der Waals surface area contributed by atoms with Gasteiger partial charge in [0.1, 0.15) is 17.2 Å².